The van der Waals surface area contributed by atoms with E-state index in [4.69, 9.17) is 4.74 Å². The Morgan fingerprint density at radius 2 is 1.73 bits per heavy atom. The quantitative estimate of drug-likeness (QED) is 0.851. The van der Waals surface area contributed by atoms with E-state index in [1.54, 1.807) is 12.1 Å². The van der Waals surface area contributed by atoms with Gasteiger partial charge in [0.05, 0.1) is 11.3 Å². The monoisotopic (exact) mass is 311 g/mol. The number of para-hydroxylation sites is 2. The molecule has 0 radical (unpaired) electrons. The highest BCUT2D eigenvalue weighted by molar-refractivity contribution is 5.93. The van der Waals surface area contributed by atoms with Crippen LogP contribution in [0.4, 0.5) is 18.9 Å². The molecular weight excluding hydrogens is 299 g/mol. The molecule has 1 amide bonds. The second-order valence-corrected chi connectivity index (χ2v) is 4.38. The normalized spacial score (nSPS) is 11.0. The third-order valence-electron chi connectivity index (χ3n) is 2.73. The summed E-state index contributed by atoms with van der Waals surface area (Å²) in [6.45, 7) is -0.389. The first-order valence-electron chi connectivity index (χ1n) is 6.24. The Morgan fingerprint density at radius 3 is 2.32 bits per heavy atom. The lowest BCUT2D eigenvalue weighted by atomic mass is 10.2. The van der Waals surface area contributed by atoms with Gasteiger partial charge in [-0.2, -0.15) is 13.2 Å². The van der Waals surface area contributed by atoms with Gasteiger partial charge in [0.2, 0.25) is 0 Å². The van der Waals surface area contributed by atoms with Crippen LogP contribution in [0.1, 0.15) is 5.56 Å². The van der Waals surface area contributed by atoms with E-state index in [9.17, 15) is 23.1 Å². The fourth-order valence-corrected chi connectivity index (χ4v) is 1.65. The van der Waals surface area contributed by atoms with Crippen molar-refractivity contribution in [3.63, 3.8) is 0 Å². The predicted octanol–water partition coefficient (Wildman–Crippen LogP) is 3.43. The summed E-state index contributed by atoms with van der Waals surface area (Å²) in [6, 6.07) is 10.2. The molecule has 2 aromatic carbocycles. The molecule has 116 valence electrons. The molecule has 0 aromatic heterocycles. The average Bonchev–Trinajstić information content (AvgIpc) is 2.47. The maximum Gasteiger partial charge on any atom is 0.416 e. The minimum absolute atomic E-state index is 0.0922. The van der Waals surface area contributed by atoms with Crippen molar-refractivity contribution >= 4 is 11.6 Å². The van der Waals surface area contributed by atoms with Crippen molar-refractivity contribution in [1.29, 1.82) is 0 Å². The van der Waals surface area contributed by atoms with Crippen LogP contribution >= 0.6 is 0 Å². The van der Waals surface area contributed by atoms with Crippen LogP contribution in [0.2, 0.25) is 0 Å². The predicted molar refractivity (Wildman–Crippen MR) is 73.7 cm³/mol. The SMILES string of the molecule is O=C(COc1ccc(C(F)(F)F)cc1)Nc1ccccc1O. The average molecular weight is 311 g/mol. The number of amides is 1. The van der Waals surface area contributed by atoms with Gasteiger partial charge in [-0.1, -0.05) is 12.1 Å². The number of aromatic hydroxyl groups is 1. The zero-order valence-corrected chi connectivity index (χ0v) is 11.2. The van der Waals surface area contributed by atoms with Gasteiger partial charge in [-0.25, -0.2) is 0 Å². The minimum Gasteiger partial charge on any atom is -0.506 e. The van der Waals surface area contributed by atoms with Crippen LogP contribution < -0.4 is 10.1 Å². The number of nitrogens with one attached hydrogen (secondary N) is 1. The van der Waals surface area contributed by atoms with Gasteiger partial charge < -0.3 is 15.2 Å². The summed E-state index contributed by atoms with van der Waals surface area (Å²) in [5.74, 6) is -0.493. The second kappa shape index (κ2) is 6.38. The molecule has 0 unspecified atom stereocenters. The molecule has 0 bridgehead atoms. The number of carbonyl (C=O) groups excluding carboxylic acids is 1. The topological polar surface area (TPSA) is 58.6 Å². The smallest absolute Gasteiger partial charge is 0.416 e. The van der Waals surface area contributed by atoms with Crippen molar-refractivity contribution in [3.05, 3.63) is 54.1 Å². The van der Waals surface area contributed by atoms with E-state index in [0.717, 1.165) is 24.3 Å². The summed E-state index contributed by atoms with van der Waals surface area (Å²) in [5.41, 5.74) is -0.568. The van der Waals surface area contributed by atoms with Crippen LogP contribution in [0, 0.1) is 0 Å². The van der Waals surface area contributed by atoms with E-state index in [1.165, 1.54) is 12.1 Å². The van der Waals surface area contributed by atoms with Gasteiger partial charge in [-0.05, 0) is 36.4 Å². The lowest BCUT2D eigenvalue weighted by Gasteiger charge is -2.10. The Balaban J connectivity index is 1.90. The first-order valence-corrected chi connectivity index (χ1v) is 6.24. The number of benzene rings is 2. The van der Waals surface area contributed by atoms with Gasteiger partial charge in [-0.3, -0.25) is 4.79 Å². The van der Waals surface area contributed by atoms with Gasteiger partial charge in [0, 0.05) is 0 Å². The number of phenols is 1. The largest absolute Gasteiger partial charge is 0.506 e. The van der Waals surface area contributed by atoms with Crippen LogP contribution in [0.3, 0.4) is 0 Å². The number of carbonyl (C=O) groups is 1. The summed E-state index contributed by atoms with van der Waals surface area (Å²) in [6.07, 6.45) is -4.42. The van der Waals surface area contributed by atoms with E-state index in [-0.39, 0.29) is 23.8 Å². The van der Waals surface area contributed by atoms with E-state index < -0.39 is 17.6 Å². The molecule has 0 fully saturated rings. The fourth-order valence-electron chi connectivity index (χ4n) is 1.65. The van der Waals surface area contributed by atoms with Crippen molar-refractivity contribution in [2.24, 2.45) is 0 Å². The van der Waals surface area contributed by atoms with Crippen LogP contribution in [0.15, 0.2) is 48.5 Å². The van der Waals surface area contributed by atoms with E-state index in [0.29, 0.717) is 0 Å². The Morgan fingerprint density at radius 1 is 1.09 bits per heavy atom. The molecule has 0 heterocycles. The molecule has 4 nitrogen and oxygen atoms in total. The molecule has 2 N–H and O–H groups in total. The molecular formula is C15H12F3NO3. The molecule has 22 heavy (non-hydrogen) atoms. The summed E-state index contributed by atoms with van der Waals surface area (Å²) >= 11 is 0. The number of hydrogen-bond donors (Lipinski definition) is 2. The van der Waals surface area contributed by atoms with Gasteiger partial charge in [0.25, 0.3) is 5.91 Å². The summed E-state index contributed by atoms with van der Waals surface area (Å²) in [5, 5.41) is 11.9. The maximum absolute atomic E-state index is 12.4. The Bertz CT molecular complexity index is 654. The maximum atomic E-state index is 12.4. The van der Waals surface area contributed by atoms with Gasteiger partial charge in [0.15, 0.2) is 6.61 Å². The standard InChI is InChI=1S/C15H12F3NO3/c16-15(17,18)10-5-7-11(8-6-10)22-9-14(21)19-12-3-1-2-4-13(12)20/h1-8,20H,9H2,(H,19,21). The highest BCUT2D eigenvalue weighted by Crippen LogP contribution is 2.30. The molecule has 0 atom stereocenters. The molecule has 7 heteroatoms. The number of halogens is 3. The fraction of sp³-hybridized carbons (Fsp3) is 0.133. The Hall–Kier alpha value is -2.70. The van der Waals surface area contributed by atoms with E-state index in [2.05, 4.69) is 5.32 Å². The van der Waals surface area contributed by atoms with Crippen molar-refractivity contribution in [1.82, 2.24) is 0 Å². The third-order valence-corrected chi connectivity index (χ3v) is 2.73. The third kappa shape index (κ3) is 4.15. The van der Waals surface area contributed by atoms with E-state index >= 15 is 0 Å². The van der Waals surface area contributed by atoms with Crippen LogP contribution in [0.5, 0.6) is 11.5 Å². The zero-order chi connectivity index (χ0) is 16.2. The van der Waals surface area contributed by atoms with Crippen LogP contribution in [-0.2, 0) is 11.0 Å². The lowest BCUT2D eigenvalue weighted by molar-refractivity contribution is -0.137. The van der Waals surface area contributed by atoms with Crippen LogP contribution in [0.25, 0.3) is 0 Å². The van der Waals surface area contributed by atoms with Crippen molar-refractivity contribution < 1.29 is 27.8 Å². The van der Waals surface area contributed by atoms with E-state index in [1.807, 2.05) is 0 Å². The Kier molecular flexibility index (Phi) is 4.55. The first kappa shape index (κ1) is 15.7. The number of anilines is 1. The van der Waals surface area contributed by atoms with Crippen molar-refractivity contribution in [3.8, 4) is 11.5 Å². The molecule has 2 aromatic rings. The summed E-state index contributed by atoms with van der Waals surface area (Å²) in [7, 11) is 0. The molecule has 0 aliphatic heterocycles. The summed E-state index contributed by atoms with van der Waals surface area (Å²) < 4.78 is 42.2. The Labute approximate surface area is 124 Å². The molecule has 2 rings (SSSR count). The number of hydrogen-bond acceptors (Lipinski definition) is 3. The first-order chi connectivity index (χ1) is 10.4. The number of ether oxygens (including phenoxy) is 1. The van der Waals surface area contributed by atoms with Gasteiger partial charge in [0.1, 0.15) is 11.5 Å². The second-order valence-electron chi connectivity index (χ2n) is 4.38. The molecule has 0 saturated heterocycles. The summed E-state index contributed by atoms with van der Waals surface area (Å²) in [4.78, 5) is 11.6. The lowest BCUT2D eigenvalue weighted by Crippen LogP contribution is -2.20. The molecule has 0 spiro atoms. The zero-order valence-electron chi connectivity index (χ0n) is 11.2. The minimum atomic E-state index is -4.42. The molecule has 0 saturated carbocycles. The molecule has 0 aliphatic carbocycles. The van der Waals surface area contributed by atoms with Gasteiger partial charge in [-0.15, -0.1) is 0 Å². The number of phenolic OH excluding ortho intramolecular Hbond substituents is 1. The van der Waals surface area contributed by atoms with Crippen molar-refractivity contribution in [2.75, 3.05) is 11.9 Å². The van der Waals surface area contributed by atoms with Crippen LogP contribution in [-0.4, -0.2) is 17.6 Å². The van der Waals surface area contributed by atoms with Gasteiger partial charge >= 0.3 is 6.18 Å². The number of rotatable bonds is 4. The molecule has 0 aliphatic rings. The number of alkyl halides is 3. The van der Waals surface area contributed by atoms with Crippen molar-refractivity contribution in [2.45, 2.75) is 6.18 Å². The highest BCUT2D eigenvalue weighted by atomic mass is 19.4. The highest BCUT2D eigenvalue weighted by Gasteiger charge is 2.30.